The number of carbonyl (C=O) groups is 1. The minimum atomic E-state index is -0.142. The number of fused-ring (bicyclic) bond motifs is 1. The van der Waals surface area contributed by atoms with Crippen LogP contribution in [0, 0.1) is 19.8 Å². The number of nitrogens with zero attached hydrogens (tertiary/aromatic N) is 3. The molecule has 0 aliphatic carbocycles. The van der Waals surface area contributed by atoms with E-state index in [4.69, 9.17) is 4.74 Å². The summed E-state index contributed by atoms with van der Waals surface area (Å²) in [5.74, 6) is 0.425. The Labute approximate surface area is 123 Å². The molecule has 1 fully saturated rings. The lowest BCUT2D eigenvalue weighted by Crippen LogP contribution is -2.26. The normalized spacial score (nSPS) is 18.3. The van der Waals surface area contributed by atoms with Gasteiger partial charge in [-0.05, 0) is 38.7 Å². The van der Waals surface area contributed by atoms with Gasteiger partial charge in [0.15, 0.2) is 11.3 Å². The molecule has 2 aromatic heterocycles. The summed E-state index contributed by atoms with van der Waals surface area (Å²) in [6.07, 6.45) is 2.04. The minimum Gasteiger partial charge on any atom is -0.381 e. The summed E-state index contributed by atoms with van der Waals surface area (Å²) < 4.78 is 7.03. The molecule has 1 saturated heterocycles. The van der Waals surface area contributed by atoms with E-state index in [1.807, 2.05) is 19.9 Å². The summed E-state index contributed by atoms with van der Waals surface area (Å²) in [6, 6.07) is 3.68. The Kier molecular flexibility index (Phi) is 3.88. The Bertz CT molecular complexity index is 659. The Balaban J connectivity index is 1.65. The number of carbonyl (C=O) groups excluding carboxylic acids is 1. The third-order valence-electron chi connectivity index (χ3n) is 3.83. The van der Waals surface area contributed by atoms with Crippen molar-refractivity contribution in [2.75, 3.05) is 19.8 Å². The van der Waals surface area contributed by atoms with E-state index in [1.165, 1.54) is 0 Å². The molecule has 0 bridgehead atoms. The first-order chi connectivity index (χ1) is 10.1. The van der Waals surface area contributed by atoms with Crippen molar-refractivity contribution in [1.29, 1.82) is 0 Å². The Morgan fingerprint density at radius 3 is 3.10 bits per heavy atom. The smallest absolute Gasteiger partial charge is 0.271 e. The van der Waals surface area contributed by atoms with Gasteiger partial charge < -0.3 is 10.1 Å². The van der Waals surface area contributed by atoms with Crippen LogP contribution in [0.5, 0.6) is 0 Å². The number of rotatable bonds is 4. The van der Waals surface area contributed by atoms with E-state index < -0.39 is 0 Å². The number of hydrogen-bond acceptors (Lipinski definition) is 4. The average Bonchev–Trinajstić information content (AvgIpc) is 3.07. The van der Waals surface area contributed by atoms with Gasteiger partial charge in [0.05, 0.1) is 0 Å². The van der Waals surface area contributed by atoms with Gasteiger partial charge in [-0.15, -0.1) is 0 Å². The van der Waals surface area contributed by atoms with Crippen molar-refractivity contribution in [2.45, 2.75) is 26.7 Å². The summed E-state index contributed by atoms with van der Waals surface area (Å²) in [7, 11) is 0. The highest BCUT2D eigenvalue weighted by Gasteiger charge is 2.17. The largest absolute Gasteiger partial charge is 0.381 e. The van der Waals surface area contributed by atoms with Crippen molar-refractivity contribution in [3.05, 3.63) is 29.2 Å². The van der Waals surface area contributed by atoms with Gasteiger partial charge in [-0.1, -0.05) is 0 Å². The van der Waals surface area contributed by atoms with Crippen molar-refractivity contribution in [3.63, 3.8) is 0 Å². The molecule has 3 rings (SSSR count). The van der Waals surface area contributed by atoms with Gasteiger partial charge in [0.2, 0.25) is 0 Å². The highest BCUT2D eigenvalue weighted by Crippen LogP contribution is 2.15. The number of aryl methyl sites for hydroxylation is 2. The fourth-order valence-corrected chi connectivity index (χ4v) is 2.69. The van der Waals surface area contributed by atoms with Gasteiger partial charge in [0.25, 0.3) is 5.91 Å². The summed E-state index contributed by atoms with van der Waals surface area (Å²) >= 11 is 0. The monoisotopic (exact) mass is 288 g/mol. The zero-order valence-corrected chi connectivity index (χ0v) is 12.4. The van der Waals surface area contributed by atoms with Crippen molar-refractivity contribution < 1.29 is 9.53 Å². The topological polar surface area (TPSA) is 68.5 Å². The number of amides is 1. The summed E-state index contributed by atoms with van der Waals surface area (Å²) in [6.45, 7) is 6.20. The average molecular weight is 288 g/mol. The lowest BCUT2D eigenvalue weighted by atomic mass is 10.1. The zero-order chi connectivity index (χ0) is 14.8. The highest BCUT2D eigenvalue weighted by atomic mass is 16.5. The second-order valence-corrected chi connectivity index (χ2v) is 5.61. The zero-order valence-electron chi connectivity index (χ0n) is 12.4. The van der Waals surface area contributed by atoms with Crippen molar-refractivity contribution in [3.8, 4) is 0 Å². The van der Waals surface area contributed by atoms with E-state index in [-0.39, 0.29) is 5.91 Å². The third-order valence-corrected chi connectivity index (χ3v) is 3.83. The molecule has 21 heavy (non-hydrogen) atoms. The standard InChI is InChI=1S/C15H20N4O2/c1-10-7-11(2)19-14(17-10)8-13(18-19)15(20)16-5-3-12-4-6-21-9-12/h7-8,12H,3-6,9H2,1-2H3,(H,16,20)/t12-/m0/s1. The minimum absolute atomic E-state index is 0.142. The molecular formula is C15H20N4O2. The third kappa shape index (κ3) is 3.05. The predicted octanol–water partition coefficient (Wildman–Crippen LogP) is 1.50. The SMILES string of the molecule is Cc1cc(C)n2nc(C(=O)NCC[C@H]3CCOC3)cc2n1. The first-order valence-electron chi connectivity index (χ1n) is 7.33. The highest BCUT2D eigenvalue weighted by molar-refractivity contribution is 5.93. The second-order valence-electron chi connectivity index (χ2n) is 5.61. The molecule has 3 heterocycles. The van der Waals surface area contributed by atoms with Gasteiger partial charge in [-0.25, -0.2) is 9.50 Å². The number of aromatic nitrogens is 3. The van der Waals surface area contributed by atoms with Crippen molar-refractivity contribution >= 4 is 11.6 Å². The maximum absolute atomic E-state index is 12.1. The van der Waals surface area contributed by atoms with E-state index in [1.54, 1.807) is 10.6 Å². The summed E-state index contributed by atoms with van der Waals surface area (Å²) in [5.41, 5.74) is 3.02. The molecule has 1 aliphatic rings. The molecular weight excluding hydrogens is 268 g/mol. The fraction of sp³-hybridized carbons (Fsp3) is 0.533. The van der Waals surface area contributed by atoms with Crippen molar-refractivity contribution in [1.82, 2.24) is 19.9 Å². The quantitative estimate of drug-likeness (QED) is 0.925. The maximum Gasteiger partial charge on any atom is 0.271 e. The van der Waals surface area contributed by atoms with E-state index in [0.717, 1.165) is 37.4 Å². The van der Waals surface area contributed by atoms with Gasteiger partial charge in [0.1, 0.15) is 0 Å². The summed E-state index contributed by atoms with van der Waals surface area (Å²) in [4.78, 5) is 16.5. The molecule has 0 aromatic carbocycles. The predicted molar refractivity (Wildman–Crippen MR) is 78.3 cm³/mol. The molecule has 1 atom stereocenters. The van der Waals surface area contributed by atoms with Gasteiger partial charge in [0, 0.05) is 37.2 Å². The number of nitrogens with one attached hydrogen (secondary N) is 1. The first kappa shape index (κ1) is 14.0. The van der Waals surface area contributed by atoms with Crippen LogP contribution >= 0.6 is 0 Å². The first-order valence-corrected chi connectivity index (χ1v) is 7.33. The molecule has 0 unspecified atom stereocenters. The van der Waals surface area contributed by atoms with Crippen LogP contribution < -0.4 is 5.32 Å². The van der Waals surface area contributed by atoms with Crippen LogP contribution in [0.25, 0.3) is 5.65 Å². The maximum atomic E-state index is 12.1. The van der Waals surface area contributed by atoms with Crippen LogP contribution in [0.3, 0.4) is 0 Å². The van der Waals surface area contributed by atoms with Gasteiger partial charge >= 0.3 is 0 Å². The Morgan fingerprint density at radius 2 is 2.33 bits per heavy atom. The number of ether oxygens (including phenoxy) is 1. The second kappa shape index (κ2) is 5.81. The molecule has 2 aromatic rings. The number of hydrogen-bond donors (Lipinski definition) is 1. The van der Waals surface area contributed by atoms with Crippen LogP contribution in [0.4, 0.5) is 0 Å². The molecule has 0 spiro atoms. The molecule has 1 N–H and O–H groups in total. The molecule has 1 amide bonds. The molecule has 112 valence electrons. The lowest BCUT2D eigenvalue weighted by Gasteiger charge is -2.07. The van der Waals surface area contributed by atoms with E-state index in [2.05, 4.69) is 15.4 Å². The fourth-order valence-electron chi connectivity index (χ4n) is 2.69. The molecule has 6 nitrogen and oxygen atoms in total. The van der Waals surface area contributed by atoms with Crippen LogP contribution in [-0.4, -0.2) is 40.3 Å². The van der Waals surface area contributed by atoms with E-state index >= 15 is 0 Å². The van der Waals surface area contributed by atoms with E-state index in [0.29, 0.717) is 23.8 Å². The van der Waals surface area contributed by atoms with Crippen LogP contribution in [-0.2, 0) is 4.74 Å². The Morgan fingerprint density at radius 1 is 1.48 bits per heavy atom. The summed E-state index contributed by atoms with van der Waals surface area (Å²) in [5, 5.41) is 7.24. The van der Waals surface area contributed by atoms with Gasteiger partial charge in [-0.2, -0.15) is 5.10 Å². The van der Waals surface area contributed by atoms with E-state index in [9.17, 15) is 4.79 Å². The van der Waals surface area contributed by atoms with Crippen LogP contribution in [0.1, 0.15) is 34.7 Å². The molecule has 0 radical (unpaired) electrons. The molecule has 1 aliphatic heterocycles. The Hall–Kier alpha value is -1.95. The molecule has 6 heteroatoms. The van der Waals surface area contributed by atoms with Crippen LogP contribution in [0.15, 0.2) is 12.1 Å². The lowest BCUT2D eigenvalue weighted by molar-refractivity contribution is 0.0945. The van der Waals surface area contributed by atoms with Crippen LogP contribution in [0.2, 0.25) is 0 Å². The molecule has 0 saturated carbocycles. The van der Waals surface area contributed by atoms with Crippen molar-refractivity contribution in [2.24, 2.45) is 5.92 Å². The van der Waals surface area contributed by atoms with Gasteiger partial charge in [-0.3, -0.25) is 4.79 Å².